The molecule has 0 saturated carbocycles. The third kappa shape index (κ3) is 2.17. The number of thiophene rings is 1. The molecule has 0 spiro atoms. The number of phenolic OH excluding ortho intramolecular Hbond substituents is 1. The maximum absolute atomic E-state index is 9.34. The molecular weight excluding hydrogens is 318 g/mol. The Balaban J connectivity index is 1.80. The van der Waals surface area contributed by atoms with Crippen molar-refractivity contribution in [2.75, 3.05) is 0 Å². The van der Waals surface area contributed by atoms with Gasteiger partial charge in [-0.25, -0.2) is 4.98 Å². The van der Waals surface area contributed by atoms with E-state index in [-0.39, 0.29) is 5.75 Å². The summed E-state index contributed by atoms with van der Waals surface area (Å²) in [5, 5.41) is 11.0. The van der Waals surface area contributed by atoms with Crippen LogP contribution in [0.2, 0.25) is 5.02 Å². The van der Waals surface area contributed by atoms with Crippen LogP contribution in [-0.2, 0) is 0 Å². The van der Waals surface area contributed by atoms with Crippen molar-refractivity contribution >= 4 is 33.0 Å². The van der Waals surface area contributed by atoms with Gasteiger partial charge in [-0.1, -0.05) is 29.8 Å². The van der Waals surface area contributed by atoms with Crippen molar-refractivity contribution < 1.29 is 9.52 Å². The molecule has 2 heterocycles. The minimum absolute atomic E-state index is 0.219. The van der Waals surface area contributed by atoms with Crippen molar-refractivity contribution in [1.29, 1.82) is 0 Å². The Kier molecular flexibility index (Phi) is 3.13. The highest BCUT2D eigenvalue weighted by Crippen LogP contribution is 2.42. The van der Waals surface area contributed by atoms with Crippen molar-refractivity contribution in [3.05, 3.63) is 59.8 Å². The van der Waals surface area contributed by atoms with Gasteiger partial charge in [0.1, 0.15) is 10.6 Å². The molecule has 0 fully saturated rings. The Labute approximate surface area is 135 Å². The Bertz CT molecular complexity index is 956. The van der Waals surface area contributed by atoms with E-state index in [0.717, 1.165) is 20.5 Å². The lowest BCUT2D eigenvalue weighted by Gasteiger charge is -1.96. The summed E-state index contributed by atoms with van der Waals surface area (Å²) in [5.41, 5.74) is 0.855. The molecule has 2 aromatic carbocycles. The zero-order valence-corrected chi connectivity index (χ0v) is 12.9. The van der Waals surface area contributed by atoms with Gasteiger partial charge in [-0.2, -0.15) is 0 Å². The molecule has 0 saturated heterocycles. The van der Waals surface area contributed by atoms with Crippen LogP contribution in [0.1, 0.15) is 0 Å². The number of hydrogen-bond acceptors (Lipinski definition) is 4. The molecular formula is C17H10ClNO2S. The van der Waals surface area contributed by atoms with E-state index in [2.05, 4.69) is 4.98 Å². The summed E-state index contributed by atoms with van der Waals surface area (Å²) in [6.07, 6.45) is 1.67. The fraction of sp³-hybridized carbons (Fsp3) is 0. The lowest BCUT2D eigenvalue weighted by atomic mass is 10.2. The molecule has 0 bridgehead atoms. The second-order valence-electron chi connectivity index (χ2n) is 4.82. The number of aromatic hydroxyl groups is 1. The van der Waals surface area contributed by atoms with Crippen LogP contribution in [0, 0.1) is 0 Å². The number of rotatable bonds is 2. The summed E-state index contributed by atoms with van der Waals surface area (Å²) in [6.45, 7) is 0. The van der Waals surface area contributed by atoms with E-state index < -0.39 is 0 Å². The van der Waals surface area contributed by atoms with Crippen molar-refractivity contribution in [2.24, 2.45) is 0 Å². The molecule has 0 unspecified atom stereocenters. The highest BCUT2D eigenvalue weighted by molar-refractivity contribution is 7.23. The predicted molar refractivity (Wildman–Crippen MR) is 89.4 cm³/mol. The van der Waals surface area contributed by atoms with Crippen molar-refractivity contribution in [1.82, 2.24) is 4.98 Å². The van der Waals surface area contributed by atoms with E-state index in [4.69, 9.17) is 16.0 Å². The fourth-order valence-electron chi connectivity index (χ4n) is 2.29. The second kappa shape index (κ2) is 5.16. The molecule has 0 radical (unpaired) electrons. The van der Waals surface area contributed by atoms with Crippen LogP contribution in [0.4, 0.5) is 0 Å². The molecule has 1 N–H and O–H groups in total. The van der Waals surface area contributed by atoms with Gasteiger partial charge in [-0.15, -0.1) is 11.3 Å². The zero-order chi connectivity index (χ0) is 15.1. The average Bonchev–Trinajstić information content (AvgIpc) is 3.14. The zero-order valence-electron chi connectivity index (χ0n) is 11.3. The summed E-state index contributed by atoms with van der Waals surface area (Å²) >= 11 is 8.00. The second-order valence-corrected chi connectivity index (χ2v) is 6.25. The lowest BCUT2D eigenvalue weighted by Crippen LogP contribution is -1.72. The minimum atomic E-state index is 0.219. The lowest BCUT2D eigenvalue weighted by molar-refractivity contribution is 0.475. The molecule has 0 aliphatic heterocycles. The highest BCUT2D eigenvalue weighted by atomic mass is 35.5. The summed E-state index contributed by atoms with van der Waals surface area (Å²) in [4.78, 5) is 5.16. The first-order valence-electron chi connectivity index (χ1n) is 6.65. The van der Waals surface area contributed by atoms with Crippen molar-refractivity contribution in [2.45, 2.75) is 0 Å². The summed E-state index contributed by atoms with van der Waals surface area (Å²) in [7, 11) is 0. The largest absolute Gasteiger partial charge is 0.508 e. The Morgan fingerprint density at radius 3 is 2.59 bits per heavy atom. The number of nitrogens with zero attached hydrogens (tertiary/aromatic N) is 1. The number of aromatic nitrogens is 1. The normalized spacial score (nSPS) is 11.1. The van der Waals surface area contributed by atoms with Gasteiger partial charge in [0.05, 0.1) is 11.2 Å². The van der Waals surface area contributed by atoms with E-state index >= 15 is 0 Å². The topological polar surface area (TPSA) is 46.3 Å². The number of hydrogen-bond donors (Lipinski definition) is 1. The molecule has 108 valence electrons. The van der Waals surface area contributed by atoms with Crippen LogP contribution >= 0.6 is 22.9 Å². The van der Waals surface area contributed by atoms with Gasteiger partial charge in [0.25, 0.3) is 0 Å². The van der Waals surface area contributed by atoms with E-state index in [9.17, 15) is 5.11 Å². The van der Waals surface area contributed by atoms with Crippen LogP contribution in [0.3, 0.4) is 0 Å². The Morgan fingerprint density at radius 1 is 1.05 bits per heavy atom. The van der Waals surface area contributed by atoms with Gasteiger partial charge < -0.3 is 9.52 Å². The summed E-state index contributed by atoms with van der Waals surface area (Å²) in [6, 6.07) is 14.8. The van der Waals surface area contributed by atoms with Gasteiger partial charge in [-0.3, -0.25) is 0 Å². The molecule has 22 heavy (non-hydrogen) atoms. The number of benzene rings is 2. The highest BCUT2D eigenvalue weighted by Gasteiger charge is 2.17. The molecule has 2 aromatic heterocycles. The van der Waals surface area contributed by atoms with E-state index in [0.29, 0.717) is 16.7 Å². The van der Waals surface area contributed by atoms with E-state index in [1.54, 1.807) is 41.8 Å². The maximum Gasteiger partial charge on any atom is 0.238 e. The average molecular weight is 328 g/mol. The van der Waals surface area contributed by atoms with E-state index in [1.807, 2.05) is 24.3 Å². The molecule has 5 heteroatoms. The molecule has 0 atom stereocenters. The summed E-state index contributed by atoms with van der Waals surface area (Å²) in [5.74, 6) is 1.37. The monoisotopic (exact) mass is 327 g/mol. The minimum Gasteiger partial charge on any atom is -0.508 e. The first kappa shape index (κ1) is 13.4. The van der Waals surface area contributed by atoms with Crippen molar-refractivity contribution in [3.8, 4) is 27.8 Å². The molecule has 0 amide bonds. The first-order valence-corrected chi connectivity index (χ1v) is 7.84. The smallest absolute Gasteiger partial charge is 0.238 e. The molecule has 4 rings (SSSR count). The third-order valence-corrected chi connectivity index (χ3v) is 5.05. The van der Waals surface area contributed by atoms with Crippen LogP contribution in [0.25, 0.3) is 32.2 Å². The fourth-order valence-corrected chi connectivity index (χ4v) is 3.74. The molecule has 0 aliphatic rings. The Hall–Kier alpha value is -2.30. The number of fused-ring (bicyclic) bond motifs is 1. The standard InChI is InChI=1S/C17H10ClNO2S/c18-15-12-3-1-2-4-14(12)22-16(15)17-19-9-13(21-17)10-5-7-11(20)8-6-10/h1-9,20H. The quantitative estimate of drug-likeness (QED) is 0.522. The number of oxazole rings is 1. The van der Waals surface area contributed by atoms with E-state index in [1.165, 1.54) is 0 Å². The van der Waals surface area contributed by atoms with Gasteiger partial charge >= 0.3 is 0 Å². The van der Waals surface area contributed by atoms with Crippen LogP contribution in [0.5, 0.6) is 5.75 Å². The van der Waals surface area contributed by atoms with Gasteiger partial charge in [0.2, 0.25) is 5.89 Å². The first-order chi connectivity index (χ1) is 10.7. The summed E-state index contributed by atoms with van der Waals surface area (Å²) < 4.78 is 6.94. The number of halogens is 1. The van der Waals surface area contributed by atoms with Gasteiger partial charge in [-0.05, 0) is 30.3 Å². The SMILES string of the molecule is Oc1ccc(-c2cnc(-c3sc4ccccc4c3Cl)o2)cc1. The molecule has 4 aromatic rings. The number of phenols is 1. The van der Waals surface area contributed by atoms with Crippen LogP contribution < -0.4 is 0 Å². The van der Waals surface area contributed by atoms with Gasteiger partial charge in [0.15, 0.2) is 5.76 Å². The predicted octanol–water partition coefficient (Wildman–Crippen LogP) is 5.58. The van der Waals surface area contributed by atoms with Crippen molar-refractivity contribution in [3.63, 3.8) is 0 Å². The van der Waals surface area contributed by atoms with Crippen LogP contribution in [-0.4, -0.2) is 10.1 Å². The van der Waals surface area contributed by atoms with Gasteiger partial charge in [0, 0.05) is 15.6 Å². The molecule has 3 nitrogen and oxygen atoms in total. The Morgan fingerprint density at radius 2 is 1.82 bits per heavy atom. The third-order valence-electron chi connectivity index (χ3n) is 3.39. The maximum atomic E-state index is 9.34. The van der Waals surface area contributed by atoms with Crippen LogP contribution in [0.15, 0.2) is 59.1 Å². The molecule has 0 aliphatic carbocycles.